The Labute approximate surface area is 162 Å². The molecule has 8 nitrogen and oxygen atoms in total. The summed E-state index contributed by atoms with van der Waals surface area (Å²) in [7, 11) is 0. The highest BCUT2D eigenvalue weighted by Gasteiger charge is 2.33. The second-order valence-electron chi connectivity index (χ2n) is 6.02. The molecule has 0 aliphatic carbocycles. The standard InChI is InChI=1S/C18H17F3N2O6/c1-10-14(18(19,20)21)3-2-4-15(10)22-16-6-5-11(23(27)28)7-13(16)17(26)29-9-12(25)8-24/h2-7,12,22,24-25H,8-9H2,1H3. The molecule has 0 aromatic heterocycles. The second-order valence-corrected chi connectivity index (χ2v) is 6.02. The number of halogens is 3. The fourth-order valence-corrected chi connectivity index (χ4v) is 2.45. The molecule has 0 spiro atoms. The van der Waals surface area contributed by atoms with Crippen LogP contribution in [0.3, 0.4) is 0 Å². The highest BCUT2D eigenvalue weighted by Crippen LogP contribution is 2.36. The van der Waals surface area contributed by atoms with Gasteiger partial charge in [-0.15, -0.1) is 0 Å². The van der Waals surface area contributed by atoms with E-state index in [0.29, 0.717) is 0 Å². The van der Waals surface area contributed by atoms with Crippen LogP contribution in [-0.2, 0) is 10.9 Å². The first-order chi connectivity index (χ1) is 13.5. The average molecular weight is 414 g/mol. The van der Waals surface area contributed by atoms with Crippen LogP contribution in [0.4, 0.5) is 30.2 Å². The van der Waals surface area contributed by atoms with Crippen molar-refractivity contribution in [3.05, 3.63) is 63.2 Å². The van der Waals surface area contributed by atoms with Crippen LogP contribution in [-0.4, -0.2) is 40.4 Å². The Balaban J connectivity index is 2.43. The van der Waals surface area contributed by atoms with E-state index in [9.17, 15) is 33.2 Å². The molecule has 2 rings (SSSR count). The summed E-state index contributed by atoms with van der Waals surface area (Å²) in [6.45, 7) is 0.00293. The zero-order chi connectivity index (χ0) is 21.8. The lowest BCUT2D eigenvalue weighted by atomic mass is 10.1. The van der Waals surface area contributed by atoms with Gasteiger partial charge in [-0.3, -0.25) is 10.1 Å². The van der Waals surface area contributed by atoms with E-state index in [4.69, 9.17) is 9.84 Å². The molecule has 0 heterocycles. The summed E-state index contributed by atoms with van der Waals surface area (Å²) < 4.78 is 44.1. The van der Waals surface area contributed by atoms with Gasteiger partial charge in [0.25, 0.3) is 5.69 Å². The maximum absolute atomic E-state index is 13.1. The number of benzene rings is 2. The number of nitrogens with zero attached hydrogens (tertiary/aromatic N) is 1. The molecular formula is C18H17F3N2O6. The molecule has 1 unspecified atom stereocenters. The number of ether oxygens (including phenoxy) is 1. The monoisotopic (exact) mass is 414 g/mol. The van der Waals surface area contributed by atoms with E-state index in [2.05, 4.69) is 5.32 Å². The predicted molar refractivity (Wildman–Crippen MR) is 95.9 cm³/mol. The van der Waals surface area contributed by atoms with Crippen LogP contribution in [0.2, 0.25) is 0 Å². The van der Waals surface area contributed by atoms with Gasteiger partial charge in [-0.1, -0.05) is 6.07 Å². The molecule has 1 atom stereocenters. The summed E-state index contributed by atoms with van der Waals surface area (Å²) in [5.74, 6) is -1.06. The van der Waals surface area contributed by atoms with Crippen LogP contribution >= 0.6 is 0 Å². The van der Waals surface area contributed by atoms with Crippen LogP contribution in [0, 0.1) is 17.0 Å². The lowest BCUT2D eigenvalue weighted by molar-refractivity contribution is -0.384. The van der Waals surface area contributed by atoms with Crippen molar-refractivity contribution in [3.63, 3.8) is 0 Å². The third kappa shape index (κ3) is 5.42. The first-order valence-electron chi connectivity index (χ1n) is 8.23. The molecule has 0 aliphatic rings. The number of aliphatic hydroxyl groups is 2. The molecule has 0 radical (unpaired) electrons. The first kappa shape index (κ1) is 22.1. The van der Waals surface area contributed by atoms with Gasteiger partial charge in [-0.25, -0.2) is 4.79 Å². The van der Waals surface area contributed by atoms with Gasteiger partial charge in [0.1, 0.15) is 12.7 Å². The molecule has 0 amide bonds. The van der Waals surface area contributed by atoms with E-state index >= 15 is 0 Å². The van der Waals surface area contributed by atoms with Gasteiger partial charge in [-0.05, 0) is 30.7 Å². The Morgan fingerprint density at radius 3 is 2.55 bits per heavy atom. The minimum atomic E-state index is -4.58. The number of anilines is 2. The number of hydrogen-bond donors (Lipinski definition) is 3. The van der Waals surface area contributed by atoms with Gasteiger partial charge in [0.15, 0.2) is 0 Å². The number of alkyl halides is 3. The molecular weight excluding hydrogens is 397 g/mol. The molecule has 2 aromatic carbocycles. The maximum atomic E-state index is 13.1. The number of non-ortho nitro benzene ring substituents is 1. The quantitative estimate of drug-likeness (QED) is 0.361. The van der Waals surface area contributed by atoms with Crippen molar-refractivity contribution in [2.75, 3.05) is 18.5 Å². The van der Waals surface area contributed by atoms with Gasteiger partial charge in [0.2, 0.25) is 0 Å². The van der Waals surface area contributed by atoms with E-state index < -0.39 is 47.6 Å². The highest BCUT2D eigenvalue weighted by atomic mass is 19.4. The number of nitro groups is 1. The van der Waals surface area contributed by atoms with Crippen LogP contribution in [0.1, 0.15) is 21.5 Å². The highest BCUT2D eigenvalue weighted by molar-refractivity contribution is 5.97. The summed E-state index contributed by atoms with van der Waals surface area (Å²) in [5.41, 5.74) is -1.75. The Bertz CT molecular complexity index is 917. The SMILES string of the molecule is Cc1c(Nc2ccc([N+](=O)[O-])cc2C(=O)OCC(O)CO)cccc1C(F)(F)F. The van der Waals surface area contributed by atoms with Crippen molar-refractivity contribution in [3.8, 4) is 0 Å². The number of aliphatic hydroxyl groups excluding tert-OH is 2. The number of nitro benzene ring substituents is 1. The number of carbonyl (C=O) groups excluding carboxylic acids is 1. The molecule has 2 aromatic rings. The topological polar surface area (TPSA) is 122 Å². The minimum absolute atomic E-state index is 0.0264. The lowest BCUT2D eigenvalue weighted by Crippen LogP contribution is -2.22. The molecule has 0 saturated carbocycles. The Morgan fingerprint density at radius 1 is 1.28 bits per heavy atom. The van der Waals surface area contributed by atoms with E-state index in [0.717, 1.165) is 24.3 Å². The summed E-state index contributed by atoms with van der Waals surface area (Å²) in [4.78, 5) is 22.6. The van der Waals surface area contributed by atoms with Crippen molar-refractivity contribution in [1.82, 2.24) is 0 Å². The van der Waals surface area contributed by atoms with Gasteiger partial charge >= 0.3 is 12.1 Å². The molecule has 0 fully saturated rings. The molecule has 3 N–H and O–H groups in total. The van der Waals surface area contributed by atoms with Gasteiger partial charge in [0.05, 0.1) is 28.3 Å². The predicted octanol–water partition coefficient (Wildman–Crippen LogP) is 3.18. The molecule has 0 saturated heterocycles. The van der Waals surface area contributed by atoms with E-state index in [-0.39, 0.29) is 22.5 Å². The third-order valence-corrected chi connectivity index (χ3v) is 3.96. The average Bonchev–Trinajstić information content (AvgIpc) is 2.66. The molecule has 156 valence electrons. The Morgan fingerprint density at radius 2 is 1.97 bits per heavy atom. The lowest BCUT2D eigenvalue weighted by Gasteiger charge is -2.17. The van der Waals surface area contributed by atoms with Crippen molar-refractivity contribution in [2.24, 2.45) is 0 Å². The van der Waals surface area contributed by atoms with Gasteiger partial charge < -0.3 is 20.3 Å². The minimum Gasteiger partial charge on any atom is -0.459 e. The smallest absolute Gasteiger partial charge is 0.416 e. The maximum Gasteiger partial charge on any atom is 0.416 e. The number of rotatable bonds is 7. The second kappa shape index (κ2) is 8.88. The van der Waals surface area contributed by atoms with Crippen molar-refractivity contribution < 1.29 is 37.8 Å². The number of nitrogens with one attached hydrogen (secondary N) is 1. The normalized spacial score (nSPS) is 12.3. The molecule has 0 bridgehead atoms. The van der Waals surface area contributed by atoms with E-state index in [1.165, 1.54) is 19.1 Å². The first-order valence-corrected chi connectivity index (χ1v) is 8.23. The summed E-state index contributed by atoms with van der Waals surface area (Å²) in [6, 6.07) is 6.58. The van der Waals surface area contributed by atoms with E-state index in [1.54, 1.807) is 0 Å². The van der Waals surface area contributed by atoms with Crippen molar-refractivity contribution in [2.45, 2.75) is 19.2 Å². The van der Waals surface area contributed by atoms with Crippen LogP contribution in [0.5, 0.6) is 0 Å². The zero-order valence-corrected chi connectivity index (χ0v) is 15.1. The van der Waals surface area contributed by atoms with Gasteiger partial charge in [-0.2, -0.15) is 13.2 Å². The van der Waals surface area contributed by atoms with E-state index in [1.807, 2.05) is 0 Å². The Hall–Kier alpha value is -3.18. The largest absolute Gasteiger partial charge is 0.459 e. The van der Waals surface area contributed by atoms with Gasteiger partial charge in [0, 0.05) is 17.8 Å². The van der Waals surface area contributed by atoms with Crippen molar-refractivity contribution >= 4 is 23.0 Å². The van der Waals surface area contributed by atoms with Crippen LogP contribution in [0.15, 0.2) is 36.4 Å². The summed E-state index contributed by atoms with van der Waals surface area (Å²) in [6.07, 6.45) is -5.93. The number of carbonyl (C=O) groups is 1. The van der Waals surface area contributed by atoms with Crippen LogP contribution in [0.25, 0.3) is 0 Å². The summed E-state index contributed by atoms with van der Waals surface area (Å²) in [5, 5.41) is 31.7. The molecule has 29 heavy (non-hydrogen) atoms. The van der Waals surface area contributed by atoms with Crippen molar-refractivity contribution in [1.29, 1.82) is 0 Å². The zero-order valence-electron chi connectivity index (χ0n) is 15.1. The summed E-state index contributed by atoms with van der Waals surface area (Å²) >= 11 is 0. The number of hydrogen-bond acceptors (Lipinski definition) is 7. The fourth-order valence-electron chi connectivity index (χ4n) is 2.45. The third-order valence-electron chi connectivity index (χ3n) is 3.96. The fraction of sp³-hybridized carbons (Fsp3) is 0.278. The molecule has 0 aliphatic heterocycles. The molecule has 11 heteroatoms. The number of esters is 1. The van der Waals surface area contributed by atoms with Crippen LogP contribution < -0.4 is 5.32 Å². The Kier molecular flexibility index (Phi) is 6.77.